The Labute approximate surface area is 367 Å². The van der Waals surface area contributed by atoms with Gasteiger partial charge in [0.25, 0.3) is 0 Å². The van der Waals surface area contributed by atoms with Gasteiger partial charge < -0.3 is 19.8 Å². The zero-order valence-electron chi connectivity index (χ0n) is 34.5. The van der Waals surface area contributed by atoms with Crippen molar-refractivity contribution >= 4 is 60.8 Å². The van der Waals surface area contributed by atoms with E-state index in [1.807, 2.05) is 0 Å². The average Bonchev–Trinajstić information content (AvgIpc) is 3.15. The van der Waals surface area contributed by atoms with E-state index in [0.717, 1.165) is 38.5 Å². The number of aliphatic carboxylic acids is 2. The zero-order valence-corrected chi connectivity index (χ0v) is 38.9. The number of hydrogen-bond acceptors (Lipinski definition) is 4. The predicted octanol–water partition coefficient (Wildman–Crippen LogP) is 12.4. The summed E-state index contributed by atoms with van der Waals surface area (Å²) >= 11 is 0. The predicted molar refractivity (Wildman–Crippen MR) is 224 cm³/mol. The summed E-state index contributed by atoms with van der Waals surface area (Å²) in [7, 11) is 0. The van der Waals surface area contributed by atoms with Crippen molar-refractivity contribution in [3.63, 3.8) is 0 Å². The van der Waals surface area contributed by atoms with Gasteiger partial charge in [-0.2, -0.15) is 0 Å². The molecule has 0 aliphatic rings. The van der Waals surface area contributed by atoms with Crippen molar-refractivity contribution in [2.24, 2.45) is 0 Å². The largest absolute Gasteiger partial charge is 2.00 e. The van der Waals surface area contributed by atoms with Gasteiger partial charge in [0.05, 0.1) is 0 Å². The number of rotatable bonds is 34. The quantitative estimate of drug-likeness (QED) is 0.0519. The minimum absolute atomic E-state index is 0. The molecule has 4 nitrogen and oxygen atoms in total. The molecule has 0 heterocycles. The van der Waals surface area contributed by atoms with E-state index < -0.39 is 11.9 Å². The second-order valence-electron chi connectivity index (χ2n) is 15.4. The van der Waals surface area contributed by atoms with Crippen LogP contribution in [0, 0.1) is 0 Å². The van der Waals surface area contributed by atoms with Crippen LogP contribution in [0.2, 0.25) is 0 Å². The van der Waals surface area contributed by atoms with Crippen molar-refractivity contribution in [3.8, 4) is 0 Å². The number of carboxylic acids is 2. The molecule has 0 aromatic heterocycles. The van der Waals surface area contributed by atoms with Crippen LogP contribution >= 0.6 is 0 Å². The van der Waals surface area contributed by atoms with Crippen molar-refractivity contribution in [3.05, 3.63) is 71.8 Å². The van der Waals surface area contributed by atoms with Gasteiger partial charge in [0.15, 0.2) is 0 Å². The van der Waals surface area contributed by atoms with Gasteiger partial charge in [-0.05, 0) is 74.3 Å². The maximum atomic E-state index is 10.5. The molecule has 2 aromatic rings. The molecule has 0 radical (unpaired) electrons. The van der Waals surface area contributed by atoms with Gasteiger partial charge in [-0.15, -0.1) is 0 Å². The SMILES string of the molecule is CCCCCCCCCCCC(CCCCCC(=O)[O-])c1ccccc1.CCCCCCCCCCCC(CCCCCC(=O)[O-])c1ccccc1.[Ba+2]. The van der Waals surface area contributed by atoms with Crippen LogP contribution in [0.25, 0.3) is 0 Å². The summed E-state index contributed by atoms with van der Waals surface area (Å²) < 4.78 is 0. The third kappa shape index (κ3) is 32.9. The molecule has 0 aliphatic heterocycles. The fourth-order valence-electron chi connectivity index (χ4n) is 7.48. The van der Waals surface area contributed by atoms with Gasteiger partial charge in [-0.3, -0.25) is 0 Å². The molecule has 2 atom stereocenters. The molecular weight excluding hydrogens is 778 g/mol. The fourth-order valence-corrected chi connectivity index (χ4v) is 7.48. The molecule has 0 spiro atoms. The van der Waals surface area contributed by atoms with Crippen LogP contribution in [-0.2, 0) is 9.59 Å². The van der Waals surface area contributed by atoms with E-state index in [2.05, 4.69) is 74.5 Å². The number of carbonyl (C=O) groups excluding carboxylic acids is 2. The first-order valence-electron chi connectivity index (χ1n) is 22.0. The van der Waals surface area contributed by atoms with E-state index in [1.165, 1.54) is 152 Å². The smallest absolute Gasteiger partial charge is 0.550 e. The Morgan fingerprint density at radius 3 is 0.906 bits per heavy atom. The molecule has 0 fully saturated rings. The van der Waals surface area contributed by atoms with Crippen LogP contribution in [0.5, 0.6) is 0 Å². The molecule has 0 bridgehead atoms. The Morgan fingerprint density at radius 1 is 0.396 bits per heavy atom. The van der Waals surface area contributed by atoms with Crippen molar-refractivity contribution < 1.29 is 19.8 Å². The zero-order chi connectivity index (χ0) is 37.7. The van der Waals surface area contributed by atoms with Crippen LogP contribution in [0.15, 0.2) is 60.7 Å². The monoisotopic (exact) mass is 856 g/mol. The van der Waals surface area contributed by atoms with Crippen LogP contribution in [0.1, 0.15) is 229 Å². The third-order valence-corrected chi connectivity index (χ3v) is 10.7. The molecule has 0 saturated carbocycles. The molecular formula is C48H78BaO4. The second-order valence-corrected chi connectivity index (χ2v) is 15.4. The molecule has 2 unspecified atom stereocenters. The van der Waals surface area contributed by atoms with Gasteiger partial charge in [-0.1, -0.05) is 216 Å². The third-order valence-electron chi connectivity index (χ3n) is 10.7. The molecule has 2 aromatic carbocycles. The normalized spacial score (nSPS) is 12.0. The summed E-state index contributed by atoms with van der Waals surface area (Å²) in [4.78, 5) is 21.0. The summed E-state index contributed by atoms with van der Waals surface area (Å²) in [5.74, 6) is -0.578. The summed E-state index contributed by atoms with van der Waals surface area (Å²) in [5.41, 5.74) is 2.90. The number of benzene rings is 2. The summed E-state index contributed by atoms with van der Waals surface area (Å²) in [5, 5.41) is 21.0. The molecule has 0 N–H and O–H groups in total. The Bertz CT molecular complexity index is 974. The molecule has 296 valence electrons. The average molecular weight is 856 g/mol. The van der Waals surface area contributed by atoms with Gasteiger partial charge in [0.1, 0.15) is 0 Å². The van der Waals surface area contributed by atoms with Crippen LogP contribution in [0.3, 0.4) is 0 Å². The van der Waals surface area contributed by atoms with E-state index >= 15 is 0 Å². The van der Waals surface area contributed by atoms with Gasteiger partial charge in [0, 0.05) is 11.9 Å². The van der Waals surface area contributed by atoms with Crippen LogP contribution in [-0.4, -0.2) is 60.8 Å². The first-order chi connectivity index (χ1) is 25.5. The molecule has 0 saturated heterocycles. The van der Waals surface area contributed by atoms with Crippen molar-refractivity contribution in [1.29, 1.82) is 0 Å². The van der Waals surface area contributed by atoms with Crippen LogP contribution in [0.4, 0.5) is 0 Å². The van der Waals surface area contributed by atoms with E-state index in [0.29, 0.717) is 11.8 Å². The van der Waals surface area contributed by atoms with Crippen molar-refractivity contribution in [1.82, 2.24) is 0 Å². The Morgan fingerprint density at radius 2 is 0.642 bits per heavy atom. The topological polar surface area (TPSA) is 80.3 Å². The van der Waals surface area contributed by atoms with E-state index in [9.17, 15) is 19.8 Å². The Kier molecular flexibility index (Phi) is 38.4. The molecule has 0 aliphatic carbocycles. The van der Waals surface area contributed by atoms with Crippen molar-refractivity contribution in [2.45, 2.75) is 218 Å². The number of hydrogen-bond donors (Lipinski definition) is 0. The van der Waals surface area contributed by atoms with Crippen molar-refractivity contribution in [2.75, 3.05) is 0 Å². The molecule has 53 heavy (non-hydrogen) atoms. The second kappa shape index (κ2) is 39.2. The van der Waals surface area contributed by atoms with E-state index in [1.54, 1.807) is 0 Å². The molecule has 2 rings (SSSR count). The molecule has 5 heteroatoms. The van der Waals surface area contributed by atoms with Gasteiger partial charge in [-0.25, -0.2) is 0 Å². The van der Waals surface area contributed by atoms with Gasteiger partial charge in [0.2, 0.25) is 0 Å². The standard InChI is InChI=1S/2C24H40O2.Ba/c2*1-2-3-4-5-6-7-8-9-12-17-22(23-18-13-10-14-19-23)20-15-11-16-21-24(25)26;/h2*10,13-14,18-19,22H,2-9,11-12,15-17,20-21H2,1H3,(H,25,26);/q;;+2/p-2. The fraction of sp³-hybridized carbons (Fsp3) is 0.708. The first kappa shape index (κ1) is 52.0. The van der Waals surface area contributed by atoms with Crippen LogP contribution < -0.4 is 10.2 Å². The summed E-state index contributed by atoms with van der Waals surface area (Å²) in [6.07, 6.45) is 35.7. The minimum Gasteiger partial charge on any atom is -0.550 e. The molecule has 0 amide bonds. The first-order valence-corrected chi connectivity index (χ1v) is 22.0. The Balaban J connectivity index is 0.00000100. The summed E-state index contributed by atoms with van der Waals surface area (Å²) in [6.45, 7) is 4.54. The number of carboxylic acid groups (broad SMARTS) is 2. The maximum absolute atomic E-state index is 10.5. The van der Waals surface area contributed by atoms with E-state index in [-0.39, 0.29) is 61.7 Å². The summed E-state index contributed by atoms with van der Waals surface area (Å²) in [6, 6.07) is 21.7. The number of carbonyl (C=O) groups is 2. The maximum Gasteiger partial charge on any atom is 2.00 e. The van der Waals surface area contributed by atoms with Gasteiger partial charge >= 0.3 is 48.9 Å². The van der Waals surface area contributed by atoms with E-state index in [4.69, 9.17) is 0 Å². The number of unbranched alkanes of at least 4 members (excludes halogenated alkanes) is 20. The Hall–Kier alpha value is -1.05. The minimum atomic E-state index is -0.917.